The van der Waals surface area contributed by atoms with Gasteiger partial charge in [-0.1, -0.05) is 17.7 Å². The van der Waals surface area contributed by atoms with Gasteiger partial charge in [-0.05, 0) is 24.3 Å². The minimum absolute atomic E-state index is 0.151. The molecule has 0 saturated heterocycles. The van der Waals surface area contributed by atoms with Gasteiger partial charge in [0, 0.05) is 31.1 Å². The maximum Gasteiger partial charge on any atom is 0.222 e. The number of hydrogen-bond donors (Lipinski definition) is 1. The minimum Gasteiger partial charge on any atom is -0.398 e. The van der Waals surface area contributed by atoms with Crippen LogP contribution in [0.2, 0.25) is 5.02 Å². The zero-order valence-electron chi connectivity index (χ0n) is 10.1. The number of thioether (sulfide) groups is 1. The molecule has 0 unspecified atom stereocenters. The van der Waals surface area contributed by atoms with Gasteiger partial charge in [-0.25, -0.2) is 0 Å². The van der Waals surface area contributed by atoms with E-state index in [9.17, 15) is 4.79 Å². The molecule has 0 spiro atoms. The van der Waals surface area contributed by atoms with Gasteiger partial charge in [0.15, 0.2) is 0 Å². The summed E-state index contributed by atoms with van der Waals surface area (Å²) in [7, 11) is 3.53. The molecular formula is C12H17ClN2OS. The summed E-state index contributed by atoms with van der Waals surface area (Å²) in [5.74, 6) is 0.991. The van der Waals surface area contributed by atoms with Crippen molar-refractivity contribution in [1.82, 2.24) is 4.90 Å². The molecule has 94 valence electrons. The number of amides is 1. The van der Waals surface area contributed by atoms with Gasteiger partial charge in [0.25, 0.3) is 0 Å². The Kier molecular flexibility index (Phi) is 5.65. The first-order chi connectivity index (χ1) is 8.02. The summed E-state index contributed by atoms with van der Waals surface area (Å²) in [6.07, 6.45) is 1.39. The standard InChI is InChI=1S/C12H17ClN2OS/c1-15(2)11(16)7-4-8-17-12-9(13)5-3-6-10(12)14/h3,5-6H,4,7-8,14H2,1-2H3. The van der Waals surface area contributed by atoms with Crippen molar-refractivity contribution < 1.29 is 4.79 Å². The van der Waals surface area contributed by atoms with Crippen molar-refractivity contribution in [2.24, 2.45) is 0 Å². The minimum atomic E-state index is 0.151. The fourth-order valence-corrected chi connectivity index (χ4v) is 2.58. The van der Waals surface area contributed by atoms with Crippen LogP contribution in [0.3, 0.4) is 0 Å². The van der Waals surface area contributed by atoms with Gasteiger partial charge >= 0.3 is 0 Å². The number of anilines is 1. The third kappa shape index (κ3) is 4.48. The first-order valence-corrected chi connectivity index (χ1v) is 6.75. The second-order valence-corrected chi connectivity index (χ2v) is 5.41. The van der Waals surface area contributed by atoms with E-state index in [2.05, 4.69) is 0 Å². The van der Waals surface area contributed by atoms with Crippen LogP contribution in [0.1, 0.15) is 12.8 Å². The number of nitrogen functional groups attached to an aromatic ring is 1. The number of hydrogen-bond acceptors (Lipinski definition) is 3. The van der Waals surface area contributed by atoms with E-state index >= 15 is 0 Å². The molecule has 17 heavy (non-hydrogen) atoms. The summed E-state index contributed by atoms with van der Waals surface area (Å²) in [5.41, 5.74) is 6.53. The van der Waals surface area contributed by atoms with E-state index in [1.807, 2.05) is 18.2 Å². The normalized spacial score (nSPS) is 10.3. The lowest BCUT2D eigenvalue weighted by Gasteiger charge is -2.10. The van der Waals surface area contributed by atoms with Crippen LogP contribution in [-0.2, 0) is 4.79 Å². The Labute approximate surface area is 111 Å². The Hall–Kier alpha value is -0.870. The van der Waals surface area contributed by atoms with Crippen molar-refractivity contribution in [2.45, 2.75) is 17.7 Å². The van der Waals surface area contributed by atoms with Crippen LogP contribution in [0.5, 0.6) is 0 Å². The molecule has 1 aromatic carbocycles. The summed E-state index contributed by atoms with van der Waals surface area (Å²) >= 11 is 7.65. The van der Waals surface area contributed by atoms with E-state index in [1.54, 1.807) is 30.8 Å². The highest BCUT2D eigenvalue weighted by atomic mass is 35.5. The van der Waals surface area contributed by atoms with Gasteiger partial charge in [-0.15, -0.1) is 11.8 Å². The van der Waals surface area contributed by atoms with Crippen LogP contribution >= 0.6 is 23.4 Å². The second-order valence-electron chi connectivity index (χ2n) is 3.90. The molecule has 0 aliphatic carbocycles. The van der Waals surface area contributed by atoms with Crippen molar-refractivity contribution in [1.29, 1.82) is 0 Å². The van der Waals surface area contributed by atoms with Gasteiger partial charge in [-0.2, -0.15) is 0 Å². The molecule has 0 aliphatic rings. The van der Waals surface area contributed by atoms with Crippen molar-refractivity contribution >= 4 is 35.0 Å². The maximum atomic E-state index is 11.4. The van der Waals surface area contributed by atoms with Gasteiger partial charge < -0.3 is 10.6 Å². The Morgan fingerprint density at radius 1 is 1.47 bits per heavy atom. The molecule has 0 fully saturated rings. The lowest BCUT2D eigenvalue weighted by atomic mass is 10.3. The first-order valence-electron chi connectivity index (χ1n) is 5.39. The molecule has 2 N–H and O–H groups in total. The predicted octanol–water partition coefficient (Wildman–Crippen LogP) is 2.88. The number of halogens is 1. The van der Waals surface area contributed by atoms with Crippen molar-refractivity contribution in [3.8, 4) is 0 Å². The summed E-state index contributed by atoms with van der Waals surface area (Å²) in [5, 5.41) is 0.675. The van der Waals surface area contributed by atoms with Crippen molar-refractivity contribution in [3.63, 3.8) is 0 Å². The monoisotopic (exact) mass is 272 g/mol. The number of nitrogens with zero attached hydrogens (tertiary/aromatic N) is 1. The van der Waals surface area contributed by atoms with Crippen LogP contribution in [0, 0.1) is 0 Å². The zero-order valence-corrected chi connectivity index (χ0v) is 11.6. The maximum absolute atomic E-state index is 11.4. The highest BCUT2D eigenvalue weighted by Gasteiger charge is 2.07. The topological polar surface area (TPSA) is 46.3 Å². The predicted molar refractivity (Wildman–Crippen MR) is 74.5 cm³/mol. The Balaban J connectivity index is 2.39. The quantitative estimate of drug-likeness (QED) is 0.509. The lowest BCUT2D eigenvalue weighted by molar-refractivity contribution is -0.128. The van der Waals surface area contributed by atoms with Gasteiger partial charge in [-0.3, -0.25) is 4.79 Å². The Morgan fingerprint density at radius 3 is 2.76 bits per heavy atom. The molecule has 1 amide bonds. The molecule has 0 radical (unpaired) electrons. The van der Waals surface area contributed by atoms with E-state index in [1.165, 1.54) is 0 Å². The van der Waals surface area contributed by atoms with Crippen molar-refractivity contribution in [3.05, 3.63) is 23.2 Å². The van der Waals surface area contributed by atoms with Crippen LogP contribution in [0.4, 0.5) is 5.69 Å². The van der Waals surface area contributed by atoms with Crippen LogP contribution in [0.25, 0.3) is 0 Å². The van der Waals surface area contributed by atoms with Gasteiger partial charge in [0.2, 0.25) is 5.91 Å². The van der Waals surface area contributed by atoms with Crippen molar-refractivity contribution in [2.75, 3.05) is 25.6 Å². The lowest BCUT2D eigenvalue weighted by Crippen LogP contribution is -2.21. The summed E-state index contributed by atoms with van der Waals surface area (Å²) in [4.78, 5) is 13.9. The number of nitrogens with two attached hydrogens (primary N) is 1. The largest absolute Gasteiger partial charge is 0.398 e. The molecule has 3 nitrogen and oxygen atoms in total. The molecule has 5 heteroatoms. The number of carbonyl (C=O) groups is 1. The van der Waals surface area contributed by atoms with Crippen LogP contribution in [-0.4, -0.2) is 30.7 Å². The number of rotatable bonds is 5. The smallest absolute Gasteiger partial charge is 0.222 e. The van der Waals surface area contributed by atoms with E-state index in [4.69, 9.17) is 17.3 Å². The number of carbonyl (C=O) groups excluding carboxylic acids is 1. The third-order valence-corrected chi connectivity index (χ3v) is 3.94. The molecule has 0 saturated carbocycles. The highest BCUT2D eigenvalue weighted by molar-refractivity contribution is 7.99. The SMILES string of the molecule is CN(C)C(=O)CCCSc1c(N)cccc1Cl. The van der Waals surface area contributed by atoms with Gasteiger partial charge in [0.05, 0.1) is 5.02 Å². The van der Waals surface area contributed by atoms with Crippen LogP contribution < -0.4 is 5.73 Å². The van der Waals surface area contributed by atoms with Gasteiger partial charge in [0.1, 0.15) is 0 Å². The molecular weight excluding hydrogens is 256 g/mol. The van der Waals surface area contributed by atoms with E-state index in [0.29, 0.717) is 17.1 Å². The van der Waals surface area contributed by atoms with E-state index < -0.39 is 0 Å². The molecule has 0 aliphatic heterocycles. The Bertz CT molecular complexity index is 376. The summed E-state index contributed by atoms with van der Waals surface area (Å²) < 4.78 is 0. The second kappa shape index (κ2) is 6.77. The average Bonchev–Trinajstić information content (AvgIpc) is 2.27. The first kappa shape index (κ1) is 14.2. The third-order valence-electron chi connectivity index (χ3n) is 2.28. The average molecular weight is 273 g/mol. The molecule has 0 atom stereocenters. The summed E-state index contributed by atoms with van der Waals surface area (Å²) in [6.45, 7) is 0. The molecule has 0 heterocycles. The number of benzene rings is 1. The van der Waals surface area contributed by atoms with E-state index in [-0.39, 0.29) is 5.91 Å². The molecule has 0 bridgehead atoms. The summed E-state index contributed by atoms with van der Waals surface area (Å²) in [6, 6.07) is 5.49. The molecule has 0 aromatic heterocycles. The molecule has 1 rings (SSSR count). The molecule has 1 aromatic rings. The fourth-order valence-electron chi connectivity index (χ4n) is 1.30. The zero-order chi connectivity index (χ0) is 12.8. The highest BCUT2D eigenvalue weighted by Crippen LogP contribution is 2.32. The fraction of sp³-hybridized carbons (Fsp3) is 0.417. The van der Waals surface area contributed by atoms with E-state index in [0.717, 1.165) is 17.1 Å². The van der Waals surface area contributed by atoms with Crippen LogP contribution in [0.15, 0.2) is 23.1 Å². The Morgan fingerprint density at radius 2 is 2.18 bits per heavy atom.